The Kier molecular flexibility index (Phi) is 7.04. The molecule has 0 spiro atoms. The second-order valence-corrected chi connectivity index (χ2v) is 10.4. The Morgan fingerprint density at radius 3 is 2.38 bits per heavy atom. The monoisotopic (exact) mass is 454 g/mol. The van der Waals surface area contributed by atoms with Gasteiger partial charge in [0.15, 0.2) is 0 Å². The fraction of sp³-hybridized carbons (Fsp3) is 0.577. The molecule has 2 heterocycles. The van der Waals surface area contributed by atoms with E-state index in [2.05, 4.69) is 42.6 Å². The number of amides is 1. The quantitative estimate of drug-likeness (QED) is 0.569. The number of rotatable bonds is 6. The summed E-state index contributed by atoms with van der Waals surface area (Å²) in [6.07, 6.45) is 4.75. The first kappa shape index (κ1) is 23.0. The van der Waals surface area contributed by atoms with Gasteiger partial charge in [0.25, 0.3) is 0 Å². The molecule has 0 N–H and O–H groups in total. The smallest absolute Gasteiger partial charge is 0.230 e. The van der Waals surface area contributed by atoms with E-state index in [9.17, 15) is 4.79 Å². The Labute approximate surface area is 197 Å². The summed E-state index contributed by atoms with van der Waals surface area (Å²) in [7, 11) is 0. The maximum atomic E-state index is 13.6. The van der Waals surface area contributed by atoms with Crippen molar-refractivity contribution in [2.45, 2.75) is 64.7 Å². The molecule has 1 fully saturated rings. The zero-order chi connectivity index (χ0) is 22.8. The highest BCUT2D eigenvalue weighted by Gasteiger charge is 2.34. The number of carbonyl (C=O) groups is 1. The van der Waals surface area contributed by atoms with E-state index in [4.69, 9.17) is 11.6 Å². The molecule has 0 bridgehead atoms. The molecule has 6 heteroatoms. The van der Waals surface area contributed by atoms with Gasteiger partial charge in [0, 0.05) is 36.8 Å². The van der Waals surface area contributed by atoms with E-state index in [0.717, 1.165) is 56.8 Å². The molecule has 2 aliphatic rings. The average Bonchev–Trinajstić information content (AvgIpc) is 3.08. The number of hydrogen-bond donors (Lipinski definition) is 0. The van der Waals surface area contributed by atoms with Gasteiger partial charge in [-0.1, -0.05) is 51.4 Å². The zero-order valence-electron chi connectivity index (χ0n) is 19.7. The fourth-order valence-corrected chi connectivity index (χ4v) is 5.39. The lowest BCUT2D eigenvalue weighted by atomic mass is 9.90. The summed E-state index contributed by atoms with van der Waals surface area (Å²) in [6.45, 7) is 12.0. The summed E-state index contributed by atoms with van der Waals surface area (Å²) in [5, 5.41) is 0.707. The first-order chi connectivity index (χ1) is 15.3. The molecule has 0 unspecified atom stereocenters. The predicted molar refractivity (Wildman–Crippen MR) is 131 cm³/mol. The SMILES string of the molecule is CC(C)CC[C@@H](C(=O)N1CCN(c2ncnc3c2[C@H](C)C[C@H]3C)CC1)c1ccc(Cl)cc1. The standard InChI is InChI=1S/C26H35ClN4O/c1-17(2)5-10-22(20-6-8-21(27)9-7-20)26(32)31-13-11-30(12-14-31)25-23-18(3)15-19(4)24(23)28-16-29-25/h6-9,16-19,22H,5,10-15H2,1-4H3/t18-,19-,22-/m1/s1. The molecule has 1 saturated heterocycles. The van der Waals surface area contributed by atoms with Crippen LogP contribution in [0.2, 0.25) is 5.02 Å². The van der Waals surface area contributed by atoms with Gasteiger partial charge in [0.05, 0.1) is 11.6 Å². The number of fused-ring (bicyclic) bond motifs is 1. The maximum Gasteiger partial charge on any atom is 0.230 e. The lowest BCUT2D eigenvalue weighted by Crippen LogP contribution is -2.50. The Balaban J connectivity index is 1.47. The van der Waals surface area contributed by atoms with Crippen LogP contribution in [0.15, 0.2) is 30.6 Å². The maximum absolute atomic E-state index is 13.6. The van der Waals surface area contributed by atoms with Crippen LogP contribution >= 0.6 is 11.6 Å². The van der Waals surface area contributed by atoms with E-state index >= 15 is 0 Å². The van der Waals surface area contributed by atoms with Gasteiger partial charge < -0.3 is 9.80 Å². The largest absolute Gasteiger partial charge is 0.353 e. The molecule has 3 atom stereocenters. The molecular formula is C26H35ClN4O. The number of hydrogen-bond acceptors (Lipinski definition) is 4. The molecule has 32 heavy (non-hydrogen) atoms. The van der Waals surface area contributed by atoms with Crippen molar-refractivity contribution in [2.24, 2.45) is 5.92 Å². The molecule has 1 aliphatic carbocycles. The Hall–Kier alpha value is -2.14. The van der Waals surface area contributed by atoms with Gasteiger partial charge >= 0.3 is 0 Å². The number of benzene rings is 1. The van der Waals surface area contributed by atoms with E-state index < -0.39 is 0 Å². The Morgan fingerprint density at radius 1 is 1.03 bits per heavy atom. The van der Waals surface area contributed by atoms with Gasteiger partial charge in [-0.15, -0.1) is 0 Å². The van der Waals surface area contributed by atoms with Crippen LogP contribution in [0.4, 0.5) is 5.82 Å². The lowest BCUT2D eigenvalue weighted by Gasteiger charge is -2.38. The summed E-state index contributed by atoms with van der Waals surface area (Å²) in [6, 6.07) is 7.80. The van der Waals surface area contributed by atoms with Crippen molar-refractivity contribution in [2.75, 3.05) is 31.1 Å². The zero-order valence-corrected chi connectivity index (χ0v) is 20.5. The highest BCUT2D eigenvalue weighted by Crippen LogP contribution is 2.43. The fourth-order valence-electron chi connectivity index (χ4n) is 5.26. The summed E-state index contributed by atoms with van der Waals surface area (Å²) in [5.74, 6) is 2.76. The minimum Gasteiger partial charge on any atom is -0.353 e. The van der Waals surface area contributed by atoms with Gasteiger partial charge in [0.1, 0.15) is 12.1 Å². The van der Waals surface area contributed by atoms with Crippen LogP contribution in [0.3, 0.4) is 0 Å². The second-order valence-electron chi connectivity index (χ2n) is 9.92. The summed E-state index contributed by atoms with van der Waals surface area (Å²) >= 11 is 6.09. The highest BCUT2D eigenvalue weighted by molar-refractivity contribution is 6.30. The molecule has 5 nitrogen and oxygen atoms in total. The molecule has 172 valence electrons. The normalized spacial score (nSPS) is 21.7. The second kappa shape index (κ2) is 9.78. The average molecular weight is 455 g/mol. The van der Waals surface area contributed by atoms with Crippen LogP contribution in [-0.2, 0) is 4.79 Å². The number of halogens is 1. The molecule has 1 amide bonds. The third-order valence-corrected chi connectivity index (χ3v) is 7.31. The molecule has 4 rings (SSSR count). The van der Waals surface area contributed by atoms with Crippen molar-refractivity contribution in [3.63, 3.8) is 0 Å². The van der Waals surface area contributed by atoms with Crippen molar-refractivity contribution < 1.29 is 4.79 Å². The molecule has 0 radical (unpaired) electrons. The van der Waals surface area contributed by atoms with E-state index in [0.29, 0.717) is 22.8 Å². The van der Waals surface area contributed by atoms with Crippen molar-refractivity contribution >= 4 is 23.3 Å². The summed E-state index contributed by atoms with van der Waals surface area (Å²) in [5.41, 5.74) is 3.59. The van der Waals surface area contributed by atoms with Crippen molar-refractivity contribution in [1.29, 1.82) is 0 Å². The number of nitrogens with zero attached hydrogens (tertiary/aromatic N) is 4. The first-order valence-electron chi connectivity index (χ1n) is 12.0. The van der Waals surface area contributed by atoms with Crippen LogP contribution in [0.25, 0.3) is 0 Å². The molecule has 0 saturated carbocycles. The van der Waals surface area contributed by atoms with Crippen LogP contribution in [0.5, 0.6) is 0 Å². The van der Waals surface area contributed by atoms with Crippen molar-refractivity contribution in [1.82, 2.24) is 14.9 Å². The number of carbonyl (C=O) groups excluding carboxylic acids is 1. The Bertz CT molecular complexity index is 937. The van der Waals surface area contributed by atoms with Crippen molar-refractivity contribution in [3.8, 4) is 0 Å². The third kappa shape index (κ3) is 4.78. The van der Waals surface area contributed by atoms with Gasteiger partial charge in [-0.05, 0) is 54.7 Å². The number of aromatic nitrogens is 2. The minimum atomic E-state index is -0.106. The van der Waals surface area contributed by atoms with Gasteiger partial charge in [0.2, 0.25) is 5.91 Å². The predicted octanol–water partition coefficient (Wildman–Crippen LogP) is 5.61. The van der Waals surface area contributed by atoms with Gasteiger partial charge in [-0.2, -0.15) is 0 Å². The molecular weight excluding hydrogens is 420 g/mol. The topological polar surface area (TPSA) is 49.3 Å². The summed E-state index contributed by atoms with van der Waals surface area (Å²) < 4.78 is 0. The lowest BCUT2D eigenvalue weighted by molar-refractivity contribution is -0.133. The molecule has 2 aromatic rings. The number of piperazine rings is 1. The van der Waals surface area contributed by atoms with Crippen molar-refractivity contribution in [3.05, 3.63) is 52.4 Å². The van der Waals surface area contributed by atoms with Gasteiger partial charge in [-0.25, -0.2) is 9.97 Å². The molecule has 1 aromatic carbocycles. The Morgan fingerprint density at radius 2 is 1.72 bits per heavy atom. The third-order valence-electron chi connectivity index (χ3n) is 7.05. The highest BCUT2D eigenvalue weighted by atomic mass is 35.5. The van der Waals surface area contributed by atoms with Crippen LogP contribution in [-0.4, -0.2) is 47.0 Å². The van der Waals surface area contributed by atoms with Gasteiger partial charge in [-0.3, -0.25) is 4.79 Å². The summed E-state index contributed by atoms with van der Waals surface area (Å²) in [4.78, 5) is 27.2. The molecule has 1 aliphatic heterocycles. The van der Waals surface area contributed by atoms with E-state index in [1.54, 1.807) is 6.33 Å². The van der Waals surface area contributed by atoms with Crippen LogP contribution in [0.1, 0.15) is 81.5 Å². The number of anilines is 1. The molecule has 1 aromatic heterocycles. The first-order valence-corrected chi connectivity index (χ1v) is 12.4. The minimum absolute atomic E-state index is 0.106. The van der Waals surface area contributed by atoms with E-state index in [1.807, 2.05) is 29.2 Å². The van der Waals surface area contributed by atoms with Crippen LogP contribution in [0, 0.1) is 5.92 Å². The van der Waals surface area contributed by atoms with E-state index in [-0.39, 0.29) is 11.8 Å². The van der Waals surface area contributed by atoms with Crippen LogP contribution < -0.4 is 4.90 Å². The van der Waals surface area contributed by atoms with E-state index in [1.165, 1.54) is 11.3 Å².